The Hall–Kier alpha value is -3.43. The summed E-state index contributed by atoms with van der Waals surface area (Å²) in [7, 11) is -18.0. The van der Waals surface area contributed by atoms with Crippen molar-refractivity contribution in [3.63, 3.8) is 0 Å². The number of nitrogens with zero attached hydrogens (tertiary/aromatic N) is 3. The van der Waals surface area contributed by atoms with Gasteiger partial charge in [0.05, 0.1) is 26.9 Å². The van der Waals surface area contributed by atoms with Crippen molar-refractivity contribution in [2.45, 2.75) is 0 Å². The zero-order chi connectivity index (χ0) is 26.0. The van der Waals surface area contributed by atoms with E-state index in [4.69, 9.17) is 5.11 Å². The fourth-order valence-electron chi connectivity index (χ4n) is 0.974. The Morgan fingerprint density at radius 3 is 0.903 bits per heavy atom. The molecular weight excluding hydrogens is 486 g/mol. The maximum atomic E-state index is 10.4. The quantitative estimate of drug-likeness (QED) is 0.271. The lowest BCUT2D eigenvalue weighted by molar-refractivity contribution is -0.404. The van der Waals surface area contributed by atoms with Gasteiger partial charge in [-0.05, 0) is 0 Å². The average Bonchev–Trinajstić information content (AvgIpc) is 2.40. The Bertz CT molecular complexity index is 688. The molecule has 0 unspecified atom stereocenters. The van der Waals surface area contributed by atoms with Crippen LogP contribution < -0.4 is 0 Å². The summed E-state index contributed by atoms with van der Waals surface area (Å²) in [6.07, 6.45) is 0. The number of hydrogen-bond donors (Lipinski definition) is 1. The number of nitro groups is 3. The van der Waals surface area contributed by atoms with E-state index in [1.165, 1.54) is 0 Å². The van der Waals surface area contributed by atoms with Crippen molar-refractivity contribution in [3.05, 3.63) is 42.5 Å². The number of phenols is 1. The van der Waals surface area contributed by atoms with Crippen LogP contribution in [0.3, 0.4) is 0 Å². The lowest BCUT2D eigenvalue weighted by Crippen LogP contribution is -2.02. The normalized spacial score (nSPS) is 10.8. The third-order valence-electron chi connectivity index (χ3n) is 1.66. The molecule has 0 aliphatic rings. The third kappa shape index (κ3) is 26.6. The van der Waals surface area contributed by atoms with Crippen molar-refractivity contribution in [1.29, 1.82) is 0 Å². The van der Waals surface area contributed by atoms with Gasteiger partial charge in [0.15, 0.2) is 0 Å². The zero-order valence-corrected chi connectivity index (χ0v) is 13.7. The molecule has 31 heavy (non-hydrogen) atoms. The number of nitro benzene ring substituents is 3. The van der Waals surface area contributed by atoms with Gasteiger partial charge in [-0.15, -0.1) is 0 Å². The van der Waals surface area contributed by atoms with Crippen LogP contribution in [0.2, 0.25) is 0 Å². The van der Waals surface area contributed by atoms with E-state index in [1.54, 1.807) is 0 Å². The van der Waals surface area contributed by atoms with E-state index in [9.17, 15) is 82.1 Å². The van der Waals surface area contributed by atoms with Crippen molar-refractivity contribution in [2.75, 3.05) is 0 Å². The SMILES string of the molecule is F[B-](F)(F)F.F[B-](F)(F)F.F[B-](F)(F)F.O=[N+]([O-])c1cc([N+](=O)[O-])c(O)c([N+](=O)[O-])c1. The van der Waals surface area contributed by atoms with E-state index in [0.717, 1.165) is 0 Å². The first-order valence-corrected chi connectivity index (χ1v) is 6.26. The molecule has 0 amide bonds. The van der Waals surface area contributed by atoms with Gasteiger partial charge in [0, 0.05) is 0 Å². The summed E-state index contributed by atoms with van der Waals surface area (Å²) >= 11 is 0. The molecule has 0 atom stereocenters. The highest BCUT2D eigenvalue weighted by molar-refractivity contribution is 6.50. The van der Waals surface area contributed by atoms with E-state index in [-0.39, 0.29) is 0 Å². The molecule has 0 radical (unpaired) electrons. The van der Waals surface area contributed by atoms with Crippen molar-refractivity contribution >= 4 is 38.8 Å². The molecule has 0 bridgehead atoms. The predicted octanol–water partition coefficient (Wildman–Crippen LogP) is 5.02. The summed E-state index contributed by atoms with van der Waals surface area (Å²) in [4.78, 5) is 27.8. The minimum atomic E-state index is -6.00. The highest BCUT2D eigenvalue weighted by Crippen LogP contribution is 2.38. The number of non-ortho nitro benzene ring substituents is 1. The first-order chi connectivity index (χ1) is 13.3. The van der Waals surface area contributed by atoms with Crippen LogP contribution >= 0.6 is 0 Å². The molecule has 1 N–H and O–H groups in total. The molecule has 1 aromatic carbocycles. The number of benzene rings is 1. The number of rotatable bonds is 3. The first kappa shape index (κ1) is 32.2. The summed E-state index contributed by atoms with van der Waals surface area (Å²) in [6.45, 7) is 0. The predicted molar refractivity (Wildman–Crippen MR) is 78.6 cm³/mol. The standard InChI is InChI=1S/C6H3N3O7.3BF4/c10-6-4(8(13)14)1-3(7(11)12)2-5(6)9(15)16;3*2-1(3,4)5/h1-2,10H;;;/q;3*-1. The highest BCUT2D eigenvalue weighted by atomic mass is 19.5. The minimum Gasteiger partial charge on any atom is -0.497 e. The van der Waals surface area contributed by atoms with Crippen LogP contribution in [0, 0.1) is 30.3 Å². The van der Waals surface area contributed by atoms with Crippen LogP contribution in [-0.4, -0.2) is 41.6 Å². The maximum absolute atomic E-state index is 10.4. The molecule has 0 aromatic heterocycles. The molecule has 0 heterocycles. The Morgan fingerprint density at radius 1 is 0.581 bits per heavy atom. The van der Waals surface area contributed by atoms with E-state index >= 15 is 0 Å². The largest absolute Gasteiger partial charge is 0.673 e. The van der Waals surface area contributed by atoms with Gasteiger partial charge < -0.3 is 56.9 Å². The molecule has 25 heteroatoms. The summed E-state index contributed by atoms with van der Waals surface area (Å²) in [5.41, 5.74) is -3.00. The van der Waals surface area contributed by atoms with Gasteiger partial charge in [0.2, 0.25) is 0 Å². The van der Waals surface area contributed by atoms with Crippen LogP contribution in [0.1, 0.15) is 0 Å². The van der Waals surface area contributed by atoms with E-state index in [0.29, 0.717) is 12.1 Å². The smallest absolute Gasteiger partial charge is 0.497 e. The molecule has 0 aliphatic heterocycles. The molecule has 0 spiro atoms. The maximum Gasteiger partial charge on any atom is 0.673 e. The van der Waals surface area contributed by atoms with Gasteiger partial charge >= 0.3 is 33.1 Å². The highest BCUT2D eigenvalue weighted by Gasteiger charge is 2.30. The van der Waals surface area contributed by atoms with Crippen LogP contribution in [0.4, 0.5) is 68.9 Å². The number of hydrogen-bond acceptors (Lipinski definition) is 7. The number of aromatic hydroxyl groups is 1. The fourth-order valence-corrected chi connectivity index (χ4v) is 0.974. The summed E-state index contributed by atoms with van der Waals surface area (Å²) < 4.78 is 117. The second-order valence-electron chi connectivity index (χ2n) is 4.09. The Labute approximate surface area is 160 Å². The number of phenolic OH excluding ortho intramolecular Hbond substituents is 1. The molecule has 0 aliphatic carbocycles. The molecule has 0 fully saturated rings. The topological polar surface area (TPSA) is 150 Å². The second-order valence-corrected chi connectivity index (χ2v) is 4.09. The monoisotopic (exact) mass is 490 g/mol. The second kappa shape index (κ2) is 12.3. The Morgan fingerprint density at radius 2 is 0.774 bits per heavy atom. The molecule has 180 valence electrons. The summed E-state index contributed by atoms with van der Waals surface area (Å²) in [6, 6.07) is 0.894. The van der Waals surface area contributed by atoms with Gasteiger partial charge in [-0.1, -0.05) is 0 Å². The van der Waals surface area contributed by atoms with E-state index < -0.39 is 59.3 Å². The molecule has 0 saturated heterocycles. The van der Waals surface area contributed by atoms with Crippen LogP contribution in [0.5, 0.6) is 5.75 Å². The Kier molecular flexibility index (Phi) is 12.8. The van der Waals surface area contributed by atoms with Gasteiger partial charge in [0.25, 0.3) is 11.4 Å². The lowest BCUT2D eigenvalue weighted by Gasteiger charge is -1.97. The first-order valence-electron chi connectivity index (χ1n) is 6.26. The summed E-state index contributed by atoms with van der Waals surface area (Å²) in [5, 5.41) is 40.2. The third-order valence-corrected chi connectivity index (χ3v) is 1.66. The molecule has 1 aromatic rings. The average molecular weight is 490 g/mol. The van der Waals surface area contributed by atoms with E-state index in [2.05, 4.69) is 0 Å². The Balaban J connectivity index is -0.000000428. The fraction of sp³-hybridized carbons (Fsp3) is 0. The minimum absolute atomic E-state index is 0.447. The van der Waals surface area contributed by atoms with E-state index in [1.807, 2.05) is 0 Å². The van der Waals surface area contributed by atoms with Crippen molar-refractivity contribution < 1.29 is 71.7 Å². The molecular formula is C6H3B3F12N3O7-3. The number of halogens is 12. The van der Waals surface area contributed by atoms with Crippen LogP contribution in [0.25, 0.3) is 0 Å². The van der Waals surface area contributed by atoms with Gasteiger partial charge in [-0.2, -0.15) is 0 Å². The van der Waals surface area contributed by atoms with Crippen LogP contribution in [0.15, 0.2) is 12.1 Å². The van der Waals surface area contributed by atoms with Gasteiger partial charge in [0.1, 0.15) is 0 Å². The van der Waals surface area contributed by atoms with Crippen LogP contribution in [-0.2, 0) is 0 Å². The van der Waals surface area contributed by atoms with Gasteiger partial charge in [-0.25, -0.2) is 0 Å². The van der Waals surface area contributed by atoms with Crippen molar-refractivity contribution in [1.82, 2.24) is 0 Å². The molecule has 10 nitrogen and oxygen atoms in total. The van der Waals surface area contributed by atoms with Crippen molar-refractivity contribution in [3.8, 4) is 5.75 Å². The van der Waals surface area contributed by atoms with Crippen molar-refractivity contribution in [2.24, 2.45) is 0 Å². The molecule has 1 rings (SSSR count). The zero-order valence-electron chi connectivity index (χ0n) is 13.7. The summed E-state index contributed by atoms with van der Waals surface area (Å²) in [5.74, 6) is -1.21. The molecule has 0 saturated carbocycles. The van der Waals surface area contributed by atoms with Gasteiger partial charge in [-0.3, -0.25) is 30.3 Å². The lowest BCUT2D eigenvalue weighted by atomic mass is 10.2.